The molecule has 0 aliphatic heterocycles. The predicted molar refractivity (Wildman–Crippen MR) is 60.8 cm³/mol. The summed E-state index contributed by atoms with van der Waals surface area (Å²) in [7, 11) is 0. The molecule has 16 heavy (non-hydrogen) atoms. The van der Waals surface area contributed by atoms with Gasteiger partial charge in [0.1, 0.15) is 0 Å². The Hall–Kier alpha value is -1.55. The Labute approximate surface area is 94.7 Å². The number of aliphatic hydroxyl groups is 1. The van der Waals surface area contributed by atoms with Crippen LogP contribution in [-0.2, 0) is 13.2 Å². The SMILES string of the molecule is O=C(NCc1cccc(CO)c1)NC1CC1. The van der Waals surface area contributed by atoms with Crippen LogP contribution in [0.2, 0.25) is 0 Å². The van der Waals surface area contributed by atoms with Gasteiger partial charge in [-0.25, -0.2) is 4.79 Å². The van der Waals surface area contributed by atoms with E-state index >= 15 is 0 Å². The van der Waals surface area contributed by atoms with E-state index in [4.69, 9.17) is 5.11 Å². The zero-order valence-electron chi connectivity index (χ0n) is 9.07. The van der Waals surface area contributed by atoms with E-state index in [-0.39, 0.29) is 12.6 Å². The fraction of sp³-hybridized carbons (Fsp3) is 0.417. The smallest absolute Gasteiger partial charge is 0.315 e. The van der Waals surface area contributed by atoms with E-state index in [1.807, 2.05) is 24.3 Å². The van der Waals surface area contributed by atoms with E-state index in [1.165, 1.54) is 0 Å². The van der Waals surface area contributed by atoms with Gasteiger partial charge in [0.15, 0.2) is 0 Å². The van der Waals surface area contributed by atoms with Crippen LogP contribution in [0.4, 0.5) is 4.79 Å². The van der Waals surface area contributed by atoms with Crippen molar-refractivity contribution in [1.29, 1.82) is 0 Å². The second-order valence-electron chi connectivity index (χ2n) is 4.08. The molecule has 2 rings (SSSR count). The van der Waals surface area contributed by atoms with Crippen LogP contribution < -0.4 is 10.6 Å². The fourth-order valence-corrected chi connectivity index (χ4v) is 1.48. The molecule has 0 aromatic heterocycles. The molecule has 4 nitrogen and oxygen atoms in total. The summed E-state index contributed by atoms with van der Waals surface area (Å²) in [5.41, 5.74) is 1.86. The van der Waals surface area contributed by atoms with Gasteiger partial charge in [-0.3, -0.25) is 0 Å². The summed E-state index contributed by atoms with van der Waals surface area (Å²) in [4.78, 5) is 11.3. The van der Waals surface area contributed by atoms with Crippen LogP contribution >= 0.6 is 0 Å². The van der Waals surface area contributed by atoms with Crippen LogP contribution in [-0.4, -0.2) is 17.2 Å². The summed E-state index contributed by atoms with van der Waals surface area (Å²) < 4.78 is 0. The molecule has 0 radical (unpaired) electrons. The van der Waals surface area contributed by atoms with Gasteiger partial charge in [-0.2, -0.15) is 0 Å². The Morgan fingerprint density at radius 3 is 2.81 bits per heavy atom. The van der Waals surface area contributed by atoms with Crippen LogP contribution in [0.3, 0.4) is 0 Å². The first-order chi connectivity index (χ1) is 7.78. The minimum atomic E-state index is -0.114. The van der Waals surface area contributed by atoms with Crippen molar-refractivity contribution in [2.45, 2.75) is 32.0 Å². The number of hydrogen-bond donors (Lipinski definition) is 3. The number of hydrogen-bond acceptors (Lipinski definition) is 2. The summed E-state index contributed by atoms with van der Waals surface area (Å²) in [5.74, 6) is 0. The van der Waals surface area contributed by atoms with Gasteiger partial charge in [0.2, 0.25) is 0 Å². The molecule has 0 atom stereocenters. The molecular formula is C12H16N2O2. The third kappa shape index (κ3) is 3.24. The summed E-state index contributed by atoms with van der Waals surface area (Å²) in [6.45, 7) is 0.522. The molecule has 86 valence electrons. The highest BCUT2D eigenvalue weighted by molar-refractivity contribution is 5.74. The van der Waals surface area contributed by atoms with Gasteiger partial charge in [0, 0.05) is 12.6 Å². The van der Waals surface area contributed by atoms with Gasteiger partial charge in [-0.1, -0.05) is 24.3 Å². The average Bonchev–Trinajstić information content (AvgIpc) is 3.10. The van der Waals surface area contributed by atoms with Crippen molar-refractivity contribution in [2.75, 3.05) is 0 Å². The third-order valence-corrected chi connectivity index (χ3v) is 2.54. The number of aliphatic hydroxyl groups excluding tert-OH is 1. The highest BCUT2D eigenvalue weighted by atomic mass is 16.3. The molecule has 0 saturated heterocycles. The van der Waals surface area contributed by atoms with Crippen molar-refractivity contribution in [2.24, 2.45) is 0 Å². The molecule has 1 aliphatic rings. The number of amides is 2. The molecule has 1 aromatic rings. The van der Waals surface area contributed by atoms with Crippen molar-refractivity contribution in [1.82, 2.24) is 10.6 Å². The van der Waals surface area contributed by atoms with Gasteiger partial charge >= 0.3 is 6.03 Å². The third-order valence-electron chi connectivity index (χ3n) is 2.54. The van der Waals surface area contributed by atoms with Gasteiger partial charge in [-0.15, -0.1) is 0 Å². The van der Waals surface area contributed by atoms with E-state index in [1.54, 1.807) is 0 Å². The molecule has 1 aliphatic carbocycles. The first-order valence-electron chi connectivity index (χ1n) is 5.51. The number of nitrogens with one attached hydrogen (secondary N) is 2. The van der Waals surface area contributed by atoms with Crippen molar-refractivity contribution < 1.29 is 9.90 Å². The molecule has 0 bridgehead atoms. The van der Waals surface area contributed by atoms with Gasteiger partial charge in [0.25, 0.3) is 0 Å². The first kappa shape index (κ1) is 11.0. The minimum Gasteiger partial charge on any atom is -0.392 e. The molecule has 1 saturated carbocycles. The molecule has 1 fully saturated rings. The largest absolute Gasteiger partial charge is 0.392 e. The Bertz CT molecular complexity index is 375. The van der Waals surface area contributed by atoms with Crippen LogP contribution in [0.15, 0.2) is 24.3 Å². The van der Waals surface area contributed by atoms with Gasteiger partial charge < -0.3 is 15.7 Å². The van der Waals surface area contributed by atoms with E-state index < -0.39 is 0 Å². The molecule has 3 N–H and O–H groups in total. The van der Waals surface area contributed by atoms with Crippen molar-refractivity contribution in [3.63, 3.8) is 0 Å². The lowest BCUT2D eigenvalue weighted by molar-refractivity contribution is 0.240. The summed E-state index contributed by atoms with van der Waals surface area (Å²) >= 11 is 0. The van der Waals surface area contributed by atoms with Crippen LogP contribution in [0.25, 0.3) is 0 Å². The molecule has 2 amide bonds. The highest BCUT2D eigenvalue weighted by Gasteiger charge is 2.22. The predicted octanol–water partition coefficient (Wildman–Crippen LogP) is 1.14. The maximum absolute atomic E-state index is 11.3. The maximum atomic E-state index is 11.3. The number of urea groups is 1. The normalized spacial score (nSPS) is 14.6. The summed E-state index contributed by atoms with van der Waals surface area (Å²) in [6.07, 6.45) is 2.18. The Kier molecular flexibility index (Phi) is 3.41. The zero-order chi connectivity index (χ0) is 11.4. The van der Waals surface area contributed by atoms with Crippen LogP contribution in [0, 0.1) is 0 Å². The second-order valence-corrected chi connectivity index (χ2v) is 4.08. The molecule has 0 heterocycles. The second kappa shape index (κ2) is 4.99. The van der Waals surface area contributed by atoms with E-state index in [9.17, 15) is 4.79 Å². The molecular weight excluding hydrogens is 204 g/mol. The molecule has 0 spiro atoms. The Balaban J connectivity index is 1.80. The van der Waals surface area contributed by atoms with Crippen LogP contribution in [0.5, 0.6) is 0 Å². The van der Waals surface area contributed by atoms with E-state index in [0.29, 0.717) is 12.6 Å². The standard InChI is InChI=1S/C12H16N2O2/c15-8-10-3-1-2-9(6-10)7-13-12(16)14-11-4-5-11/h1-3,6,11,15H,4-5,7-8H2,(H2,13,14,16). The van der Waals surface area contributed by atoms with Crippen molar-refractivity contribution in [3.8, 4) is 0 Å². The summed E-state index contributed by atoms with van der Waals surface area (Å²) in [5, 5.41) is 14.6. The lowest BCUT2D eigenvalue weighted by atomic mass is 10.1. The summed E-state index contributed by atoms with van der Waals surface area (Å²) in [6, 6.07) is 7.81. The van der Waals surface area contributed by atoms with E-state index in [2.05, 4.69) is 10.6 Å². The molecule has 4 heteroatoms. The quantitative estimate of drug-likeness (QED) is 0.712. The lowest BCUT2D eigenvalue weighted by Gasteiger charge is -2.07. The van der Waals surface area contributed by atoms with Crippen molar-refractivity contribution in [3.05, 3.63) is 35.4 Å². The maximum Gasteiger partial charge on any atom is 0.315 e. The Morgan fingerprint density at radius 1 is 1.38 bits per heavy atom. The van der Waals surface area contributed by atoms with Gasteiger partial charge in [0.05, 0.1) is 6.61 Å². The first-order valence-corrected chi connectivity index (χ1v) is 5.51. The Morgan fingerprint density at radius 2 is 2.12 bits per heavy atom. The van der Waals surface area contributed by atoms with Gasteiger partial charge in [-0.05, 0) is 24.0 Å². The monoisotopic (exact) mass is 220 g/mol. The fourth-order valence-electron chi connectivity index (χ4n) is 1.48. The highest BCUT2D eigenvalue weighted by Crippen LogP contribution is 2.18. The number of carbonyl (C=O) groups is 1. The lowest BCUT2D eigenvalue weighted by Crippen LogP contribution is -2.36. The minimum absolute atomic E-state index is 0.0299. The van der Waals surface area contributed by atoms with Crippen molar-refractivity contribution >= 4 is 6.03 Å². The molecule has 1 aromatic carbocycles. The number of benzene rings is 1. The average molecular weight is 220 g/mol. The number of carbonyl (C=O) groups excluding carboxylic acids is 1. The topological polar surface area (TPSA) is 61.4 Å². The zero-order valence-corrected chi connectivity index (χ0v) is 9.07. The van der Waals surface area contributed by atoms with Crippen LogP contribution in [0.1, 0.15) is 24.0 Å². The van der Waals surface area contributed by atoms with E-state index in [0.717, 1.165) is 24.0 Å². The molecule has 0 unspecified atom stereocenters. The number of rotatable bonds is 4.